The van der Waals surface area contributed by atoms with E-state index >= 15 is 0 Å². The van der Waals surface area contributed by atoms with E-state index in [1.54, 1.807) is 31.4 Å². The summed E-state index contributed by atoms with van der Waals surface area (Å²) in [4.78, 5) is 30.1. The highest BCUT2D eigenvalue weighted by molar-refractivity contribution is 7.87. The second-order valence-electron chi connectivity index (χ2n) is 7.71. The van der Waals surface area contributed by atoms with Crippen LogP contribution in [0.4, 0.5) is 15.6 Å². The minimum absolute atomic E-state index is 0.123. The van der Waals surface area contributed by atoms with Crippen LogP contribution in [0.3, 0.4) is 0 Å². The molecule has 0 aliphatic carbocycles. The first-order valence-corrected chi connectivity index (χ1v) is 13.5. The summed E-state index contributed by atoms with van der Waals surface area (Å²) < 4.78 is 29.4. The maximum absolute atomic E-state index is 13.0. The van der Waals surface area contributed by atoms with Gasteiger partial charge in [-0.15, -0.1) is 11.3 Å². The number of carbonyl (C=O) groups is 2. The van der Waals surface area contributed by atoms with Crippen LogP contribution in [-0.2, 0) is 15.0 Å². The monoisotopic (exact) mass is 532 g/mol. The molecule has 0 bridgehead atoms. The number of thiazole rings is 1. The summed E-state index contributed by atoms with van der Waals surface area (Å²) in [6.45, 7) is 0.123. The van der Waals surface area contributed by atoms with Gasteiger partial charge in [0.25, 0.3) is 10.2 Å². The van der Waals surface area contributed by atoms with Gasteiger partial charge in [0.1, 0.15) is 11.8 Å². The van der Waals surface area contributed by atoms with Crippen molar-refractivity contribution in [2.24, 2.45) is 5.14 Å². The lowest BCUT2D eigenvalue weighted by Crippen LogP contribution is -2.45. The van der Waals surface area contributed by atoms with Crippen LogP contribution in [0.25, 0.3) is 11.3 Å². The topological polar surface area (TPSA) is 165 Å². The Bertz CT molecular complexity index is 1250. The number of rotatable bonds is 12. The van der Waals surface area contributed by atoms with E-state index in [0.717, 1.165) is 11.3 Å². The van der Waals surface area contributed by atoms with Gasteiger partial charge < -0.3 is 20.7 Å². The summed E-state index contributed by atoms with van der Waals surface area (Å²) in [5, 5.41) is 15.3. The Morgan fingerprint density at radius 3 is 2.44 bits per heavy atom. The van der Waals surface area contributed by atoms with E-state index in [1.807, 2.05) is 35.7 Å². The summed E-state index contributed by atoms with van der Waals surface area (Å²) in [6, 6.07) is 14.8. The van der Waals surface area contributed by atoms with E-state index in [9.17, 15) is 18.0 Å². The Kier molecular flexibility index (Phi) is 9.76. The SMILES string of the molecule is COc1ccc(NC(=O)NC(CCCCNS(N)(=O)=O)C(=O)Nc2nc(-c3ccccc3)cs2)cc1. The summed E-state index contributed by atoms with van der Waals surface area (Å²) in [7, 11) is -2.24. The van der Waals surface area contributed by atoms with E-state index < -0.39 is 28.2 Å². The lowest BCUT2D eigenvalue weighted by atomic mass is 10.1. The molecule has 0 radical (unpaired) electrons. The number of urea groups is 1. The molecule has 3 amide bonds. The average Bonchev–Trinajstić information content (AvgIpc) is 3.32. The van der Waals surface area contributed by atoms with Gasteiger partial charge in [0.05, 0.1) is 12.8 Å². The van der Waals surface area contributed by atoms with Gasteiger partial charge in [0, 0.05) is 23.2 Å². The van der Waals surface area contributed by atoms with E-state index in [4.69, 9.17) is 9.88 Å². The second kappa shape index (κ2) is 13.0. The van der Waals surface area contributed by atoms with Crippen molar-refractivity contribution in [2.75, 3.05) is 24.3 Å². The predicted octanol–water partition coefficient (Wildman–Crippen LogP) is 2.91. The van der Waals surface area contributed by atoms with Crippen LogP contribution >= 0.6 is 11.3 Å². The van der Waals surface area contributed by atoms with Gasteiger partial charge >= 0.3 is 6.03 Å². The van der Waals surface area contributed by atoms with Crippen molar-refractivity contribution in [1.82, 2.24) is 15.0 Å². The molecule has 11 nitrogen and oxygen atoms in total. The summed E-state index contributed by atoms with van der Waals surface area (Å²) in [5.74, 6) is 0.206. The zero-order valence-corrected chi connectivity index (χ0v) is 21.2. The highest BCUT2D eigenvalue weighted by Crippen LogP contribution is 2.25. The average molecular weight is 533 g/mol. The summed E-state index contributed by atoms with van der Waals surface area (Å²) in [5.41, 5.74) is 2.18. The number of methoxy groups -OCH3 is 1. The summed E-state index contributed by atoms with van der Waals surface area (Å²) >= 11 is 1.28. The van der Waals surface area contributed by atoms with E-state index in [1.165, 1.54) is 11.3 Å². The first-order valence-electron chi connectivity index (χ1n) is 11.0. The minimum atomic E-state index is -3.79. The molecule has 3 aromatic rings. The number of aromatic nitrogens is 1. The molecular weight excluding hydrogens is 504 g/mol. The first kappa shape index (κ1) is 27.1. The molecule has 6 N–H and O–H groups in total. The predicted molar refractivity (Wildman–Crippen MR) is 140 cm³/mol. The second-order valence-corrected chi connectivity index (χ2v) is 9.94. The highest BCUT2D eigenvalue weighted by atomic mass is 32.2. The zero-order valence-electron chi connectivity index (χ0n) is 19.6. The molecule has 1 atom stereocenters. The molecule has 3 rings (SSSR count). The molecule has 0 spiro atoms. The molecule has 2 aromatic carbocycles. The number of carbonyl (C=O) groups excluding carboxylic acids is 2. The molecule has 0 aliphatic heterocycles. The smallest absolute Gasteiger partial charge is 0.319 e. The van der Waals surface area contributed by atoms with Crippen LogP contribution in [0.15, 0.2) is 60.0 Å². The third-order valence-corrected chi connectivity index (χ3v) is 6.36. The van der Waals surface area contributed by atoms with E-state index in [-0.39, 0.29) is 13.0 Å². The van der Waals surface area contributed by atoms with Gasteiger partial charge in [-0.1, -0.05) is 30.3 Å². The minimum Gasteiger partial charge on any atom is -0.497 e. The van der Waals surface area contributed by atoms with Crippen molar-refractivity contribution in [2.45, 2.75) is 25.3 Å². The number of nitrogens with one attached hydrogen (secondary N) is 4. The molecule has 13 heteroatoms. The molecule has 1 aromatic heterocycles. The van der Waals surface area contributed by atoms with Crippen molar-refractivity contribution in [3.63, 3.8) is 0 Å². The van der Waals surface area contributed by atoms with Gasteiger partial charge in [-0.3, -0.25) is 4.79 Å². The fourth-order valence-electron chi connectivity index (χ4n) is 3.22. The maximum atomic E-state index is 13.0. The van der Waals surface area contributed by atoms with Crippen LogP contribution < -0.4 is 30.5 Å². The zero-order chi connectivity index (χ0) is 26.0. The van der Waals surface area contributed by atoms with Gasteiger partial charge in [-0.2, -0.15) is 8.42 Å². The van der Waals surface area contributed by atoms with Crippen LogP contribution in [-0.4, -0.2) is 45.0 Å². The first-order chi connectivity index (χ1) is 17.2. The maximum Gasteiger partial charge on any atom is 0.319 e. The molecule has 0 fully saturated rings. The molecule has 1 heterocycles. The number of hydrogen-bond acceptors (Lipinski definition) is 7. The number of benzene rings is 2. The Labute approximate surface area is 213 Å². The molecule has 0 saturated carbocycles. The van der Waals surface area contributed by atoms with Gasteiger partial charge in [0.2, 0.25) is 5.91 Å². The third-order valence-electron chi connectivity index (χ3n) is 5.00. The van der Waals surface area contributed by atoms with Gasteiger partial charge in [0.15, 0.2) is 5.13 Å². The largest absolute Gasteiger partial charge is 0.497 e. The number of nitrogens with zero attached hydrogens (tertiary/aromatic N) is 1. The van der Waals surface area contributed by atoms with Crippen molar-refractivity contribution >= 4 is 44.3 Å². The number of anilines is 2. The van der Waals surface area contributed by atoms with Gasteiger partial charge in [-0.25, -0.2) is 19.6 Å². The molecule has 192 valence electrons. The number of unbranched alkanes of at least 4 members (excludes halogenated alkanes) is 1. The van der Waals surface area contributed by atoms with Crippen molar-refractivity contribution < 1.29 is 22.7 Å². The number of ether oxygens (including phenoxy) is 1. The Hall–Kier alpha value is -3.52. The Morgan fingerprint density at radius 1 is 1.06 bits per heavy atom. The van der Waals surface area contributed by atoms with Gasteiger partial charge in [-0.05, 0) is 43.5 Å². The molecular formula is C23H28N6O5S2. The number of nitrogens with two attached hydrogens (primary N) is 1. The highest BCUT2D eigenvalue weighted by Gasteiger charge is 2.22. The molecule has 0 saturated heterocycles. The van der Waals surface area contributed by atoms with E-state index in [0.29, 0.717) is 29.4 Å². The van der Waals surface area contributed by atoms with Crippen molar-refractivity contribution in [3.05, 3.63) is 60.0 Å². The molecule has 1 unspecified atom stereocenters. The van der Waals surface area contributed by atoms with Crippen LogP contribution in [0.2, 0.25) is 0 Å². The molecule has 0 aliphatic rings. The van der Waals surface area contributed by atoms with Crippen LogP contribution in [0.5, 0.6) is 5.75 Å². The third kappa shape index (κ3) is 8.92. The fraction of sp³-hybridized carbons (Fsp3) is 0.261. The lowest BCUT2D eigenvalue weighted by molar-refractivity contribution is -0.118. The Balaban J connectivity index is 1.62. The van der Waals surface area contributed by atoms with Crippen molar-refractivity contribution in [3.8, 4) is 17.0 Å². The van der Waals surface area contributed by atoms with Crippen LogP contribution in [0.1, 0.15) is 19.3 Å². The number of amides is 3. The van der Waals surface area contributed by atoms with E-state index in [2.05, 4.69) is 25.7 Å². The quantitative estimate of drug-likeness (QED) is 0.225. The standard InChI is InChI=1S/C23H28N6O5S2/c1-34-18-12-10-17(11-13-18)26-22(31)27-19(9-5-6-14-25-36(24,32)33)21(30)29-23-28-20(15-35-23)16-7-3-2-4-8-16/h2-4,7-8,10-13,15,19,25H,5-6,9,14H2,1H3,(H2,24,32,33)(H2,26,27,31)(H,28,29,30). The number of hydrogen-bond donors (Lipinski definition) is 5. The lowest BCUT2D eigenvalue weighted by Gasteiger charge is -2.18. The summed E-state index contributed by atoms with van der Waals surface area (Å²) in [6.07, 6.45) is 1.15. The molecule has 36 heavy (non-hydrogen) atoms. The van der Waals surface area contributed by atoms with Crippen LogP contribution in [0, 0.1) is 0 Å². The normalized spacial score (nSPS) is 11.9. The fourth-order valence-corrected chi connectivity index (χ4v) is 4.37. The Morgan fingerprint density at radius 2 is 1.78 bits per heavy atom. The van der Waals surface area contributed by atoms with Crippen molar-refractivity contribution in [1.29, 1.82) is 0 Å².